The summed E-state index contributed by atoms with van der Waals surface area (Å²) in [5, 5.41) is 15.5. The fraction of sp³-hybridized carbons (Fsp3) is 0.312. The van der Waals surface area contributed by atoms with E-state index in [2.05, 4.69) is 15.5 Å². The third-order valence-corrected chi connectivity index (χ3v) is 4.32. The number of rotatable bonds is 5. The van der Waals surface area contributed by atoms with E-state index in [9.17, 15) is 14.9 Å². The standard InChI is InChI=1S/C16H16N4O3S/c1-8-5-14(20-23-8)19-15(22)11(4)24-16-12(7-17)6-13(10(3)21)9(2)18-16/h5-6,11H,1-4H3,(H,19,20,22)/t11-/m1/s1. The second-order valence-electron chi connectivity index (χ2n) is 5.21. The highest BCUT2D eigenvalue weighted by Gasteiger charge is 2.20. The average molecular weight is 344 g/mol. The highest BCUT2D eigenvalue weighted by Crippen LogP contribution is 2.27. The number of pyridine rings is 1. The van der Waals surface area contributed by atoms with Crippen molar-refractivity contribution in [2.75, 3.05) is 5.32 Å². The van der Waals surface area contributed by atoms with E-state index in [0.717, 1.165) is 11.8 Å². The second-order valence-corrected chi connectivity index (χ2v) is 6.54. The third kappa shape index (κ3) is 4.00. The van der Waals surface area contributed by atoms with E-state index in [-0.39, 0.29) is 17.3 Å². The predicted octanol–water partition coefficient (Wildman–Crippen LogP) is 2.88. The number of aryl methyl sites for hydroxylation is 2. The summed E-state index contributed by atoms with van der Waals surface area (Å²) < 4.78 is 4.89. The Bertz CT molecular complexity index is 838. The minimum atomic E-state index is -0.510. The molecule has 0 saturated carbocycles. The van der Waals surface area contributed by atoms with Gasteiger partial charge in [-0.3, -0.25) is 9.59 Å². The van der Waals surface area contributed by atoms with Crippen molar-refractivity contribution in [2.45, 2.75) is 38.0 Å². The number of hydrogen-bond donors (Lipinski definition) is 1. The first kappa shape index (κ1) is 17.7. The highest BCUT2D eigenvalue weighted by atomic mass is 32.2. The number of carbonyl (C=O) groups is 2. The molecule has 2 aromatic rings. The van der Waals surface area contributed by atoms with Crippen LogP contribution >= 0.6 is 11.8 Å². The summed E-state index contributed by atoms with van der Waals surface area (Å²) in [7, 11) is 0. The van der Waals surface area contributed by atoms with Gasteiger partial charge in [0.15, 0.2) is 11.6 Å². The fourth-order valence-corrected chi connectivity index (χ4v) is 2.91. The SMILES string of the molecule is CC(=O)c1cc(C#N)c(S[C@H](C)C(=O)Nc2cc(C)on2)nc1C. The molecule has 0 aliphatic rings. The molecule has 0 radical (unpaired) electrons. The number of thioether (sulfide) groups is 1. The summed E-state index contributed by atoms with van der Waals surface area (Å²) in [6, 6.07) is 5.14. The number of aromatic nitrogens is 2. The van der Waals surface area contributed by atoms with Crippen molar-refractivity contribution < 1.29 is 14.1 Å². The maximum Gasteiger partial charge on any atom is 0.238 e. The minimum absolute atomic E-state index is 0.153. The number of nitrogens with zero attached hydrogens (tertiary/aromatic N) is 3. The number of ketones is 1. The van der Waals surface area contributed by atoms with Gasteiger partial charge in [-0.05, 0) is 33.8 Å². The Morgan fingerprint density at radius 2 is 2.08 bits per heavy atom. The normalized spacial score (nSPS) is 11.6. The number of anilines is 1. The Labute approximate surface area is 143 Å². The van der Waals surface area contributed by atoms with Crippen molar-refractivity contribution in [3.05, 3.63) is 34.7 Å². The number of nitrogens with one attached hydrogen (secondary N) is 1. The average Bonchev–Trinajstić information content (AvgIpc) is 2.92. The summed E-state index contributed by atoms with van der Waals surface area (Å²) >= 11 is 1.15. The van der Waals surface area contributed by atoms with Crippen molar-refractivity contribution in [3.63, 3.8) is 0 Å². The summed E-state index contributed by atoms with van der Waals surface area (Å²) in [5.41, 5.74) is 1.21. The fourth-order valence-electron chi connectivity index (χ4n) is 1.98. The topological polar surface area (TPSA) is 109 Å². The molecule has 2 rings (SSSR count). The molecule has 7 nitrogen and oxygen atoms in total. The molecule has 0 fully saturated rings. The van der Waals surface area contributed by atoms with Crippen LogP contribution in [0.4, 0.5) is 5.82 Å². The second kappa shape index (κ2) is 7.27. The van der Waals surface area contributed by atoms with E-state index in [1.54, 1.807) is 26.8 Å². The first-order chi connectivity index (χ1) is 11.3. The molecule has 0 spiro atoms. The van der Waals surface area contributed by atoms with E-state index in [4.69, 9.17) is 4.52 Å². The van der Waals surface area contributed by atoms with Crippen LogP contribution in [-0.4, -0.2) is 27.1 Å². The quantitative estimate of drug-likeness (QED) is 0.656. The van der Waals surface area contributed by atoms with Crippen LogP contribution < -0.4 is 5.32 Å². The molecular weight excluding hydrogens is 328 g/mol. The van der Waals surface area contributed by atoms with Crippen LogP contribution in [0.3, 0.4) is 0 Å². The highest BCUT2D eigenvalue weighted by molar-refractivity contribution is 8.00. The van der Waals surface area contributed by atoms with Gasteiger partial charge in [-0.1, -0.05) is 16.9 Å². The first-order valence-electron chi connectivity index (χ1n) is 7.15. The molecule has 1 amide bonds. The monoisotopic (exact) mass is 344 g/mol. The van der Waals surface area contributed by atoms with Crippen LogP contribution in [0.15, 0.2) is 21.7 Å². The predicted molar refractivity (Wildman–Crippen MR) is 88.9 cm³/mol. The van der Waals surface area contributed by atoms with E-state index in [1.165, 1.54) is 13.0 Å². The minimum Gasteiger partial charge on any atom is -0.360 e. The lowest BCUT2D eigenvalue weighted by molar-refractivity contribution is -0.115. The van der Waals surface area contributed by atoms with Gasteiger partial charge < -0.3 is 9.84 Å². The van der Waals surface area contributed by atoms with Gasteiger partial charge in [-0.25, -0.2) is 4.98 Å². The third-order valence-electron chi connectivity index (χ3n) is 3.21. The molecule has 2 heterocycles. The number of hydrogen-bond acceptors (Lipinski definition) is 7. The summed E-state index contributed by atoms with van der Waals surface area (Å²) in [5.74, 6) is 0.489. The number of nitriles is 1. The van der Waals surface area contributed by atoms with Crippen molar-refractivity contribution in [3.8, 4) is 6.07 Å². The molecule has 1 atom stereocenters. The largest absolute Gasteiger partial charge is 0.360 e. The summed E-state index contributed by atoms with van der Waals surface area (Å²) in [6.07, 6.45) is 0. The Morgan fingerprint density at radius 1 is 1.38 bits per heavy atom. The van der Waals surface area contributed by atoms with Gasteiger partial charge in [0.25, 0.3) is 0 Å². The zero-order chi connectivity index (χ0) is 17.9. The lowest BCUT2D eigenvalue weighted by Gasteiger charge is -2.12. The van der Waals surface area contributed by atoms with Crippen LogP contribution in [0, 0.1) is 25.2 Å². The Morgan fingerprint density at radius 3 is 2.62 bits per heavy atom. The molecule has 0 bridgehead atoms. The van der Waals surface area contributed by atoms with Crippen LogP contribution in [-0.2, 0) is 4.79 Å². The van der Waals surface area contributed by atoms with Crippen LogP contribution in [0.25, 0.3) is 0 Å². The molecule has 24 heavy (non-hydrogen) atoms. The molecule has 1 N–H and O–H groups in total. The number of Topliss-reactive ketones (excluding diaryl/α,β-unsaturated/α-hetero) is 1. The van der Waals surface area contributed by atoms with E-state index < -0.39 is 5.25 Å². The van der Waals surface area contributed by atoms with Crippen molar-refractivity contribution in [2.24, 2.45) is 0 Å². The van der Waals surface area contributed by atoms with Gasteiger partial charge in [0.2, 0.25) is 5.91 Å². The van der Waals surface area contributed by atoms with Gasteiger partial charge in [0, 0.05) is 17.3 Å². The smallest absolute Gasteiger partial charge is 0.238 e. The first-order valence-corrected chi connectivity index (χ1v) is 8.03. The number of carbonyl (C=O) groups excluding carboxylic acids is 2. The van der Waals surface area contributed by atoms with Gasteiger partial charge in [0.1, 0.15) is 16.9 Å². The molecular formula is C16H16N4O3S. The zero-order valence-corrected chi connectivity index (χ0v) is 14.5. The molecule has 8 heteroatoms. The maximum atomic E-state index is 12.2. The van der Waals surface area contributed by atoms with Crippen molar-refractivity contribution in [1.29, 1.82) is 5.26 Å². The van der Waals surface area contributed by atoms with Gasteiger partial charge in [-0.2, -0.15) is 5.26 Å². The van der Waals surface area contributed by atoms with Crippen LogP contribution in [0.5, 0.6) is 0 Å². The van der Waals surface area contributed by atoms with Crippen molar-refractivity contribution in [1.82, 2.24) is 10.1 Å². The zero-order valence-electron chi connectivity index (χ0n) is 13.7. The Balaban J connectivity index is 2.17. The van der Waals surface area contributed by atoms with Gasteiger partial charge in [-0.15, -0.1) is 0 Å². The van der Waals surface area contributed by atoms with E-state index in [1.807, 2.05) is 6.07 Å². The van der Waals surface area contributed by atoms with Gasteiger partial charge in [0.05, 0.1) is 10.8 Å². The summed E-state index contributed by atoms with van der Waals surface area (Å²) in [4.78, 5) is 28.1. The molecule has 124 valence electrons. The van der Waals surface area contributed by atoms with Crippen LogP contribution in [0.1, 0.15) is 41.2 Å². The van der Waals surface area contributed by atoms with Crippen molar-refractivity contribution >= 4 is 29.3 Å². The van der Waals surface area contributed by atoms with Gasteiger partial charge >= 0.3 is 0 Å². The molecule has 0 unspecified atom stereocenters. The Hall–Kier alpha value is -2.66. The molecule has 0 aliphatic heterocycles. The Kier molecular flexibility index (Phi) is 5.36. The molecule has 0 saturated heterocycles. The number of amides is 1. The summed E-state index contributed by atoms with van der Waals surface area (Å²) in [6.45, 7) is 6.55. The van der Waals surface area contributed by atoms with Crippen LogP contribution in [0.2, 0.25) is 0 Å². The molecule has 0 aliphatic carbocycles. The lowest BCUT2D eigenvalue weighted by Crippen LogP contribution is -2.23. The molecule has 0 aromatic carbocycles. The maximum absolute atomic E-state index is 12.2. The van der Waals surface area contributed by atoms with E-state index >= 15 is 0 Å². The van der Waals surface area contributed by atoms with E-state index in [0.29, 0.717) is 27.9 Å². The molecule has 2 aromatic heterocycles. The lowest BCUT2D eigenvalue weighted by atomic mass is 10.1.